The van der Waals surface area contributed by atoms with Crippen LogP contribution in [-0.2, 0) is 12.8 Å². The molecule has 7 heteroatoms. The van der Waals surface area contributed by atoms with Crippen LogP contribution >= 0.6 is 11.6 Å². The fourth-order valence-electron chi connectivity index (χ4n) is 5.06. The second kappa shape index (κ2) is 9.82. The normalized spacial score (nSPS) is 22.5. The van der Waals surface area contributed by atoms with Gasteiger partial charge < -0.3 is 10.1 Å². The highest BCUT2D eigenvalue weighted by atomic mass is 35.5. The molecule has 1 atom stereocenters. The Balaban J connectivity index is 1.37. The van der Waals surface area contributed by atoms with Gasteiger partial charge in [-0.3, -0.25) is 4.57 Å². The van der Waals surface area contributed by atoms with Crippen LogP contribution in [0.4, 0.5) is 0 Å². The Morgan fingerprint density at radius 1 is 1.09 bits per heavy atom. The third-order valence-electron chi connectivity index (χ3n) is 6.71. The lowest BCUT2D eigenvalue weighted by atomic mass is 9.86. The average Bonchev–Trinajstić information content (AvgIpc) is 3.15. The van der Waals surface area contributed by atoms with Crippen LogP contribution in [0, 0.1) is 5.92 Å². The van der Waals surface area contributed by atoms with Crippen molar-refractivity contribution in [1.82, 2.24) is 25.1 Å². The van der Waals surface area contributed by atoms with Gasteiger partial charge in [-0.15, -0.1) is 10.2 Å². The highest BCUT2D eigenvalue weighted by molar-refractivity contribution is 6.30. The Morgan fingerprint density at radius 2 is 1.94 bits per heavy atom. The maximum atomic E-state index is 6.40. The van der Waals surface area contributed by atoms with E-state index in [1.807, 2.05) is 24.3 Å². The van der Waals surface area contributed by atoms with Crippen molar-refractivity contribution in [3.8, 4) is 11.6 Å². The number of hydrogen-bond donors (Lipinski definition) is 1. The number of pyridine rings is 1. The van der Waals surface area contributed by atoms with E-state index in [1.54, 1.807) is 6.20 Å². The zero-order valence-corrected chi connectivity index (χ0v) is 20.1. The summed E-state index contributed by atoms with van der Waals surface area (Å²) < 4.78 is 8.42. The molecule has 0 saturated heterocycles. The Hall–Kier alpha value is -2.44. The van der Waals surface area contributed by atoms with Gasteiger partial charge in [0.05, 0.1) is 5.69 Å². The fourth-order valence-corrected chi connectivity index (χ4v) is 5.25. The summed E-state index contributed by atoms with van der Waals surface area (Å²) in [5, 5.41) is 13.9. The van der Waals surface area contributed by atoms with Gasteiger partial charge in [0, 0.05) is 35.7 Å². The van der Waals surface area contributed by atoms with Gasteiger partial charge in [0.15, 0.2) is 0 Å². The molecule has 0 radical (unpaired) electrons. The molecule has 6 nitrogen and oxygen atoms in total. The zero-order chi connectivity index (χ0) is 22.8. The van der Waals surface area contributed by atoms with Gasteiger partial charge in [0.1, 0.15) is 17.8 Å². The maximum absolute atomic E-state index is 6.40. The summed E-state index contributed by atoms with van der Waals surface area (Å²) in [6.45, 7) is 5.47. The van der Waals surface area contributed by atoms with Crippen LogP contribution in [-0.4, -0.2) is 38.4 Å². The third-order valence-corrected chi connectivity index (χ3v) is 6.95. The standard InChI is InChI=1S/C26H32ClN5O/c1-17(2)16-29-21-14-19-13-20(27)8-11-23(19)32-24(15-21)30-31-26(32)18-6-9-22(10-7-18)33-25-5-3-4-12-28-25/h3-5,8,11-13,17-18,21-22,29H,6-7,9-10,14-16H2,1-2H3/t18?,21-,22?/m0/s1. The minimum absolute atomic E-state index is 0.207. The highest BCUT2D eigenvalue weighted by Crippen LogP contribution is 2.37. The molecule has 2 aromatic heterocycles. The lowest BCUT2D eigenvalue weighted by Gasteiger charge is -2.28. The number of ether oxygens (including phenoxy) is 1. The van der Waals surface area contributed by atoms with Crippen molar-refractivity contribution >= 4 is 11.6 Å². The van der Waals surface area contributed by atoms with Crippen molar-refractivity contribution in [2.24, 2.45) is 5.92 Å². The first-order chi connectivity index (χ1) is 16.1. The van der Waals surface area contributed by atoms with Gasteiger partial charge in [0.25, 0.3) is 0 Å². The molecule has 1 fully saturated rings. The summed E-state index contributed by atoms with van der Waals surface area (Å²) >= 11 is 6.40. The van der Waals surface area contributed by atoms with Crippen LogP contribution < -0.4 is 10.1 Å². The molecule has 5 rings (SSSR count). The van der Waals surface area contributed by atoms with Crippen LogP contribution in [0.3, 0.4) is 0 Å². The monoisotopic (exact) mass is 465 g/mol. The smallest absolute Gasteiger partial charge is 0.213 e. The molecule has 174 valence electrons. The summed E-state index contributed by atoms with van der Waals surface area (Å²) in [5.74, 6) is 3.80. The third kappa shape index (κ3) is 5.07. The molecule has 0 spiro atoms. The molecule has 33 heavy (non-hydrogen) atoms. The first-order valence-corrected chi connectivity index (χ1v) is 12.5. The van der Waals surface area contributed by atoms with E-state index < -0.39 is 0 Å². The van der Waals surface area contributed by atoms with Gasteiger partial charge in [-0.05, 0) is 74.4 Å². The number of rotatable bonds is 6. The summed E-state index contributed by atoms with van der Waals surface area (Å²) in [6.07, 6.45) is 7.85. The molecule has 3 aromatic rings. The summed E-state index contributed by atoms with van der Waals surface area (Å²) in [7, 11) is 0. The number of nitrogens with one attached hydrogen (secondary N) is 1. The number of halogens is 1. The van der Waals surface area contributed by atoms with Gasteiger partial charge in [-0.2, -0.15) is 0 Å². The molecule has 0 bridgehead atoms. The number of benzene rings is 1. The van der Waals surface area contributed by atoms with Crippen LogP contribution in [0.15, 0.2) is 42.6 Å². The number of fused-ring (bicyclic) bond motifs is 3. The number of nitrogens with zero attached hydrogens (tertiary/aromatic N) is 4. The van der Waals surface area contributed by atoms with E-state index in [2.05, 4.69) is 45.9 Å². The molecular formula is C26H32ClN5O. The zero-order valence-electron chi connectivity index (χ0n) is 19.4. The second-order valence-corrected chi connectivity index (χ2v) is 10.2. The van der Waals surface area contributed by atoms with E-state index in [0.717, 1.165) is 61.7 Å². The van der Waals surface area contributed by atoms with E-state index in [-0.39, 0.29) is 6.10 Å². The predicted molar refractivity (Wildman–Crippen MR) is 130 cm³/mol. The highest BCUT2D eigenvalue weighted by Gasteiger charge is 2.31. The quantitative estimate of drug-likeness (QED) is 0.546. The maximum Gasteiger partial charge on any atom is 0.213 e. The minimum atomic E-state index is 0.207. The molecule has 0 amide bonds. The number of hydrogen-bond acceptors (Lipinski definition) is 5. The van der Waals surface area contributed by atoms with E-state index in [4.69, 9.17) is 21.4 Å². The summed E-state index contributed by atoms with van der Waals surface area (Å²) in [5.41, 5.74) is 2.44. The Bertz CT molecular complexity index is 1080. The van der Waals surface area contributed by atoms with Crippen molar-refractivity contribution in [2.45, 2.75) is 70.4 Å². The molecular weight excluding hydrogens is 434 g/mol. The van der Waals surface area contributed by atoms with Crippen molar-refractivity contribution in [2.75, 3.05) is 6.54 Å². The lowest BCUT2D eigenvalue weighted by Crippen LogP contribution is -2.35. The molecule has 1 aliphatic carbocycles. The van der Waals surface area contributed by atoms with Crippen LogP contribution in [0.25, 0.3) is 5.69 Å². The van der Waals surface area contributed by atoms with E-state index in [1.165, 1.54) is 11.3 Å². The average molecular weight is 466 g/mol. The minimum Gasteiger partial charge on any atom is -0.474 e. The Morgan fingerprint density at radius 3 is 2.70 bits per heavy atom. The topological polar surface area (TPSA) is 64.9 Å². The lowest BCUT2D eigenvalue weighted by molar-refractivity contribution is 0.139. The van der Waals surface area contributed by atoms with Crippen molar-refractivity contribution < 1.29 is 4.74 Å². The second-order valence-electron chi connectivity index (χ2n) is 9.75. The van der Waals surface area contributed by atoms with Crippen LogP contribution in [0.1, 0.15) is 62.7 Å². The first kappa shape index (κ1) is 22.4. The van der Waals surface area contributed by atoms with Crippen molar-refractivity contribution in [3.05, 3.63) is 64.8 Å². The van der Waals surface area contributed by atoms with Gasteiger partial charge in [0.2, 0.25) is 5.88 Å². The molecule has 1 saturated carbocycles. The largest absolute Gasteiger partial charge is 0.474 e. The van der Waals surface area contributed by atoms with Crippen LogP contribution in [0.2, 0.25) is 5.02 Å². The SMILES string of the molecule is CC(C)CN[C@H]1Cc2cc(Cl)ccc2-n2c(nnc2C2CCC(Oc3ccccn3)CC2)C1. The van der Waals surface area contributed by atoms with E-state index in [0.29, 0.717) is 23.8 Å². The van der Waals surface area contributed by atoms with Gasteiger partial charge >= 0.3 is 0 Å². The molecule has 1 N–H and O–H groups in total. The van der Waals surface area contributed by atoms with Crippen molar-refractivity contribution in [3.63, 3.8) is 0 Å². The fraction of sp³-hybridized carbons (Fsp3) is 0.500. The van der Waals surface area contributed by atoms with Crippen molar-refractivity contribution in [1.29, 1.82) is 0 Å². The van der Waals surface area contributed by atoms with Crippen LogP contribution in [0.5, 0.6) is 5.88 Å². The molecule has 3 heterocycles. The van der Waals surface area contributed by atoms with E-state index >= 15 is 0 Å². The predicted octanol–water partition coefficient (Wildman–Crippen LogP) is 5.13. The molecule has 1 aromatic carbocycles. The molecule has 2 aliphatic rings. The first-order valence-electron chi connectivity index (χ1n) is 12.1. The summed E-state index contributed by atoms with van der Waals surface area (Å²) in [4.78, 5) is 4.31. The van der Waals surface area contributed by atoms with Gasteiger partial charge in [-0.25, -0.2) is 4.98 Å². The number of aromatic nitrogens is 4. The van der Waals surface area contributed by atoms with E-state index in [9.17, 15) is 0 Å². The van der Waals surface area contributed by atoms with Gasteiger partial charge in [-0.1, -0.05) is 31.5 Å². The Kier molecular flexibility index (Phi) is 6.65. The molecule has 1 aliphatic heterocycles. The Labute approximate surface area is 200 Å². The summed E-state index contributed by atoms with van der Waals surface area (Å²) in [6, 6.07) is 12.3. The molecule has 0 unspecified atom stereocenters.